The molecule has 0 aliphatic rings. The van der Waals surface area contributed by atoms with Gasteiger partial charge in [0, 0.05) is 19.3 Å². The highest BCUT2D eigenvalue weighted by Gasteiger charge is 2.19. The number of esters is 3. The zero-order valence-corrected chi connectivity index (χ0v) is 42.7. The Balaban J connectivity index is 4.39. The Bertz CT molecular complexity index is 1230. The molecule has 0 fully saturated rings. The maximum absolute atomic E-state index is 12.8. The maximum atomic E-state index is 12.8. The van der Waals surface area contributed by atoms with Crippen molar-refractivity contribution in [3.8, 4) is 0 Å². The van der Waals surface area contributed by atoms with Crippen LogP contribution in [-0.4, -0.2) is 37.2 Å². The third kappa shape index (κ3) is 51.7. The van der Waals surface area contributed by atoms with Crippen molar-refractivity contribution in [2.24, 2.45) is 0 Å². The number of allylic oxidation sites excluding steroid dienone is 12. The second kappa shape index (κ2) is 53.5. The van der Waals surface area contributed by atoms with Crippen LogP contribution in [0.3, 0.4) is 0 Å². The van der Waals surface area contributed by atoms with Gasteiger partial charge in [-0.15, -0.1) is 0 Å². The largest absolute Gasteiger partial charge is 0.462 e. The summed E-state index contributed by atoms with van der Waals surface area (Å²) >= 11 is 0. The highest BCUT2D eigenvalue weighted by Crippen LogP contribution is 2.15. The molecule has 1 unspecified atom stereocenters. The van der Waals surface area contributed by atoms with Crippen molar-refractivity contribution >= 4 is 17.9 Å². The normalized spacial score (nSPS) is 12.6. The van der Waals surface area contributed by atoms with Gasteiger partial charge in [0.25, 0.3) is 0 Å². The van der Waals surface area contributed by atoms with E-state index >= 15 is 0 Å². The topological polar surface area (TPSA) is 78.9 Å². The fourth-order valence-corrected chi connectivity index (χ4v) is 7.65. The van der Waals surface area contributed by atoms with Crippen molar-refractivity contribution in [1.82, 2.24) is 0 Å². The van der Waals surface area contributed by atoms with Gasteiger partial charge in [-0.3, -0.25) is 14.4 Å². The number of hydrogen-bond donors (Lipinski definition) is 0. The molecule has 65 heavy (non-hydrogen) atoms. The van der Waals surface area contributed by atoms with E-state index < -0.39 is 6.10 Å². The molecular formula is C59H102O6. The highest BCUT2D eigenvalue weighted by atomic mass is 16.6. The van der Waals surface area contributed by atoms with Gasteiger partial charge < -0.3 is 14.2 Å². The average Bonchev–Trinajstić information content (AvgIpc) is 3.30. The predicted molar refractivity (Wildman–Crippen MR) is 279 cm³/mol. The van der Waals surface area contributed by atoms with Crippen LogP contribution in [0.4, 0.5) is 0 Å². The molecule has 1 atom stereocenters. The van der Waals surface area contributed by atoms with Crippen LogP contribution in [0.2, 0.25) is 0 Å². The van der Waals surface area contributed by atoms with Gasteiger partial charge in [-0.25, -0.2) is 0 Å². The summed E-state index contributed by atoms with van der Waals surface area (Å²) in [5.74, 6) is -0.897. The van der Waals surface area contributed by atoms with E-state index in [-0.39, 0.29) is 31.1 Å². The Morgan fingerprint density at radius 3 is 0.938 bits per heavy atom. The molecule has 374 valence electrons. The van der Waals surface area contributed by atoms with Gasteiger partial charge in [-0.05, 0) is 83.5 Å². The lowest BCUT2D eigenvalue weighted by Gasteiger charge is -2.18. The highest BCUT2D eigenvalue weighted by molar-refractivity contribution is 5.71. The lowest BCUT2D eigenvalue weighted by Crippen LogP contribution is -2.30. The van der Waals surface area contributed by atoms with Crippen LogP contribution in [0, 0.1) is 0 Å². The molecule has 0 heterocycles. The minimum absolute atomic E-state index is 0.0814. The third-order valence-electron chi connectivity index (χ3n) is 11.7. The maximum Gasteiger partial charge on any atom is 0.306 e. The molecule has 0 rings (SSSR count). The first-order valence-corrected chi connectivity index (χ1v) is 27.4. The lowest BCUT2D eigenvalue weighted by molar-refractivity contribution is -0.167. The summed E-state index contributed by atoms with van der Waals surface area (Å²) in [5.41, 5.74) is 0. The molecule has 0 aliphatic heterocycles. The van der Waals surface area contributed by atoms with Gasteiger partial charge >= 0.3 is 17.9 Å². The molecule has 6 heteroatoms. The molecule has 0 saturated heterocycles. The molecule has 6 nitrogen and oxygen atoms in total. The van der Waals surface area contributed by atoms with Gasteiger partial charge in [-0.1, -0.05) is 235 Å². The van der Waals surface area contributed by atoms with Crippen LogP contribution in [0.5, 0.6) is 0 Å². The summed E-state index contributed by atoms with van der Waals surface area (Å²) in [4.78, 5) is 38.1. The Morgan fingerprint density at radius 1 is 0.323 bits per heavy atom. The number of carbonyl (C=O) groups is 3. The Kier molecular flexibility index (Phi) is 50.9. The van der Waals surface area contributed by atoms with Crippen LogP contribution >= 0.6 is 0 Å². The van der Waals surface area contributed by atoms with E-state index in [0.29, 0.717) is 19.3 Å². The minimum atomic E-state index is -0.784. The zero-order valence-electron chi connectivity index (χ0n) is 42.7. The Labute approximate surface area is 402 Å². The van der Waals surface area contributed by atoms with Crippen molar-refractivity contribution in [2.45, 2.75) is 271 Å². The molecule has 0 aromatic carbocycles. The number of hydrogen-bond acceptors (Lipinski definition) is 6. The summed E-state index contributed by atoms with van der Waals surface area (Å²) in [6, 6.07) is 0. The number of ether oxygens (including phenoxy) is 3. The van der Waals surface area contributed by atoms with Crippen LogP contribution in [0.25, 0.3) is 0 Å². The number of rotatable bonds is 49. The van der Waals surface area contributed by atoms with Gasteiger partial charge in [0.2, 0.25) is 0 Å². The first-order chi connectivity index (χ1) is 32.0. The van der Waals surface area contributed by atoms with E-state index in [9.17, 15) is 14.4 Å². The van der Waals surface area contributed by atoms with E-state index in [2.05, 4.69) is 93.7 Å². The average molecular weight is 907 g/mol. The first kappa shape index (κ1) is 61.9. The molecule has 0 bridgehead atoms. The SMILES string of the molecule is CC/C=C\C/C=C\C/C=C\C/C=C\CCCCCCCCC(=O)OCC(COC(=O)CCCCCCCCCCCCCCCC)OC(=O)CCCCCCCCC/C=C\C/C=C\CC. The van der Waals surface area contributed by atoms with Gasteiger partial charge in [-0.2, -0.15) is 0 Å². The van der Waals surface area contributed by atoms with Crippen LogP contribution in [-0.2, 0) is 28.6 Å². The van der Waals surface area contributed by atoms with E-state index in [4.69, 9.17) is 14.2 Å². The Hall–Kier alpha value is -3.15. The van der Waals surface area contributed by atoms with Crippen LogP contribution < -0.4 is 0 Å². The summed E-state index contributed by atoms with van der Waals surface area (Å²) in [6.07, 6.45) is 67.4. The Morgan fingerprint density at radius 2 is 0.600 bits per heavy atom. The van der Waals surface area contributed by atoms with Crippen molar-refractivity contribution in [2.75, 3.05) is 13.2 Å². The smallest absolute Gasteiger partial charge is 0.306 e. The monoisotopic (exact) mass is 907 g/mol. The standard InChI is InChI=1S/C59H102O6/c1-4-7-10-13-16-19-22-25-28-29-30-31-32-35-37-40-43-46-49-52-58(61)64-55-56(65-59(62)53-50-47-44-41-38-34-27-24-21-18-15-12-9-6-3)54-63-57(60)51-48-45-42-39-36-33-26-23-20-17-14-11-8-5-2/h7,9-10,12,16,18-19,21,25,28,30-31,56H,4-6,8,11,13-15,17,20,22-24,26-27,29,32-55H2,1-3H3/b10-7-,12-9-,19-16-,21-18-,28-25-,31-30-. The number of unbranched alkanes of at least 4 members (excludes halogenated alkanes) is 26. The molecule has 0 aromatic heterocycles. The van der Waals surface area contributed by atoms with Gasteiger partial charge in [0.1, 0.15) is 13.2 Å². The zero-order chi connectivity index (χ0) is 47.2. The van der Waals surface area contributed by atoms with Crippen LogP contribution in [0.15, 0.2) is 72.9 Å². The molecule has 0 amide bonds. The van der Waals surface area contributed by atoms with Crippen molar-refractivity contribution < 1.29 is 28.6 Å². The van der Waals surface area contributed by atoms with Crippen LogP contribution in [0.1, 0.15) is 265 Å². The summed E-state index contributed by atoms with van der Waals surface area (Å²) < 4.78 is 16.8. The molecule has 0 aliphatic carbocycles. The molecule has 0 saturated carbocycles. The molecule has 0 spiro atoms. The molecular weight excluding hydrogens is 805 g/mol. The molecule has 0 radical (unpaired) electrons. The van der Waals surface area contributed by atoms with E-state index in [0.717, 1.165) is 109 Å². The van der Waals surface area contributed by atoms with Crippen molar-refractivity contribution in [3.05, 3.63) is 72.9 Å². The second-order valence-corrected chi connectivity index (χ2v) is 18.1. The summed E-state index contributed by atoms with van der Waals surface area (Å²) in [5, 5.41) is 0. The van der Waals surface area contributed by atoms with Gasteiger partial charge in [0.15, 0.2) is 6.10 Å². The molecule has 0 N–H and O–H groups in total. The van der Waals surface area contributed by atoms with E-state index in [1.807, 2.05) is 0 Å². The first-order valence-electron chi connectivity index (χ1n) is 27.4. The van der Waals surface area contributed by atoms with Crippen molar-refractivity contribution in [3.63, 3.8) is 0 Å². The van der Waals surface area contributed by atoms with E-state index in [1.165, 1.54) is 116 Å². The molecule has 0 aromatic rings. The third-order valence-corrected chi connectivity index (χ3v) is 11.7. The fourth-order valence-electron chi connectivity index (χ4n) is 7.65. The quantitative estimate of drug-likeness (QED) is 0.0262. The van der Waals surface area contributed by atoms with Gasteiger partial charge in [0.05, 0.1) is 0 Å². The summed E-state index contributed by atoms with van der Waals surface area (Å²) in [7, 11) is 0. The number of carbonyl (C=O) groups excluding carboxylic acids is 3. The lowest BCUT2D eigenvalue weighted by atomic mass is 10.0. The second-order valence-electron chi connectivity index (χ2n) is 18.1. The fraction of sp³-hybridized carbons (Fsp3) is 0.746. The summed E-state index contributed by atoms with van der Waals surface area (Å²) in [6.45, 7) is 6.42. The van der Waals surface area contributed by atoms with Crippen molar-refractivity contribution in [1.29, 1.82) is 0 Å². The predicted octanol–water partition coefficient (Wildman–Crippen LogP) is 18.2. The van der Waals surface area contributed by atoms with E-state index in [1.54, 1.807) is 0 Å². The minimum Gasteiger partial charge on any atom is -0.462 e.